The highest BCUT2D eigenvalue weighted by molar-refractivity contribution is 5.96. The molecule has 170 valence electrons. The van der Waals surface area contributed by atoms with Gasteiger partial charge in [-0.25, -0.2) is 0 Å². The van der Waals surface area contributed by atoms with Crippen LogP contribution in [-0.4, -0.2) is 46.5 Å². The number of carbonyl (C=O) groups is 2. The Morgan fingerprint density at radius 1 is 1.03 bits per heavy atom. The van der Waals surface area contributed by atoms with Crippen LogP contribution in [0, 0.1) is 5.92 Å². The third-order valence-electron chi connectivity index (χ3n) is 6.34. The molecule has 8 nitrogen and oxygen atoms in total. The molecule has 0 saturated carbocycles. The van der Waals surface area contributed by atoms with E-state index >= 15 is 0 Å². The van der Waals surface area contributed by atoms with Crippen LogP contribution in [0.1, 0.15) is 31.6 Å². The smallest absolute Gasteiger partial charge is 0.241 e. The normalized spacial score (nSPS) is 17.5. The molecule has 0 radical (unpaired) electrons. The second-order valence-electron chi connectivity index (χ2n) is 8.61. The van der Waals surface area contributed by atoms with Gasteiger partial charge < -0.3 is 14.7 Å². The average molecular weight is 446 g/mol. The van der Waals surface area contributed by atoms with Crippen LogP contribution in [0.3, 0.4) is 0 Å². The first-order valence-corrected chi connectivity index (χ1v) is 11.5. The van der Waals surface area contributed by atoms with E-state index in [2.05, 4.69) is 20.4 Å². The molecule has 0 spiro atoms. The largest absolute Gasteiger partial charge is 0.338 e. The molecule has 1 aromatic heterocycles. The first kappa shape index (κ1) is 21.3. The fraction of sp³-hybridized carbons (Fsp3) is 0.360. The first-order valence-electron chi connectivity index (χ1n) is 11.5. The van der Waals surface area contributed by atoms with Gasteiger partial charge in [0, 0.05) is 35.8 Å². The van der Waals surface area contributed by atoms with E-state index in [4.69, 9.17) is 4.52 Å². The topological polar surface area (TPSA) is 91.6 Å². The molecule has 0 aliphatic carbocycles. The summed E-state index contributed by atoms with van der Waals surface area (Å²) in [5, 5.41) is 7.10. The van der Waals surface area contributed by atoms with Gasteiger partial charge in [-0.05, 0) is 56.6 Å². The highest BCUT2D eigenvalue weighted by Crippen LogP contribution is 2.25. The minimum atomic E-state index is -0.0244. The van der Waals surface area contributed by atoms with Gasteiger partial charge in [0.05, 0.1) is 6.54 Å². The number of rotatable bonds is 6. The Labute approximate surface area is 192 Å². The van der Waals surface area contributed by atoms with Gasteiger partial charge in [-0.3, -0.25) is 14.5 Å². The lowest BCUT2D eigenvalue weighted by Crippen LogP contribution is -2.37. The molecular formula is C25H27N5O3. The number of amides is 2. The van der Waals surface area contributed by atoms with Gasteiger partial charge in [0.2, 0.25) is 23.5 Å². The van der Waals surface area contributed by atoms with E-state index in [0.717, 1.165) is 55.8 Å². The van der Waals surface area contributed by atoms with Gasteiger partial charge in [0.25, 0.3) is 0 Å². The predicted molar refractivity (Wildman–Crippen MR) is 124 cm³/mol. The van der Waals surface area contributed by atoms with Gasteiger partial charge in [-0.1, -0.05) is 35.5 Å². The van der Waals surface area contributed by atoms with Crippen LogP contribution in [0.5, 0.6) is 0 Å². The van der Waals surface area contributed by atoms with Crippen molar-refractivity contribution in [1.29, 1.82) is 0 Å². The fourth-order valence-electron chi connectivity index (χ4n) is 4.46. The van der Waals surface area contributed by atoms with Crippen LogP contribution < -0.4 is 10.2 Å². The van der Waals surface area contributed by atoms with Gasteiger partial charge in [0.15, 0.2) is 0 Å². The van der Waals surface area contributed by atoms with Gasteiger partial charge in [0.1, 0.15) is 0 Å². The first-order chi connectivity index (χ1) is 16.2. The van der Waals surface area contributed by atoms with Crippen LogP contribution in [0.25, 0.3) is 11.4 Å². The number of carbonyl (C=O) groups excluding carboxylic acids is 2. The lowest BCUT2D eigenvalue weighted by molar-refractivity contribution is -0.121. The molecule has 2 amide bonds. The Morgan fingerprint density at radius 3 is 2.48 bits per heavy atom. The van der Waals surface area contributed by atoms with Gasteiger partial charge >= 0.3 is 0 Å². The monoisotopic (exact) mass is 445 g/mol. The van der Waals surface area contributed by atoms with Crippen LogP contribution in [0.15, 0.2) is 59.1 Å². The van der Waals surface area contributed by atoms with Crippen molar-refractivity contribution in [2.24, 2.45) is 5.92 Å². The molecule has 0 bridgehead atoms. The molecule has 3 aromatic rings. The molecule has 2 fully saturated rings. The number of hydrogen-bond acceptors (Lipinski definition) is 6. The Morgan fingerprint density at radius 2 is 1.79 bits per heavy atom. The Kier molecular flexibility index (Phi) is 6.17. The zero-order valence-electron chi connectivity index (χ0n) is 18.4. The Hall–Kier alpha value is -3.52. The van der Waals surface area contributed by atoms with E-state index in [1.165, 1.54) is 0 Å². The third kappa shape index (κ3) is 4.96. The number of piperidine rings is 1. The van der Waals surface area contributed by atoms with Crippen molar-refractivity contribution >= 4 is 23.2 Å². The molecule has 1 N–H and O–H groups in total. The summed E-state index contributed by atoms with van der Waals surface area (Å²) < 4.78 is 5.42. The molecule has 2 aromatic carbocycles. The quantitative estimate of drug-likeness (QED) is 0.622. The molecule has 2 aliphatic rings. The second-order valence-corrected chi connectivity index (χ2v) is 8.61. The maximum atomic E-state index is 12.8. The SMILES string of the molecule is O=C(Nc1ccc(N2CCCC2=O)cc1)C1CCN(Cc2nc(-c3ccccc3)no2)CC1. The Balaban J connectivity index is 1.10. The summed E-state index contributed by atoms with van der Waals surface area (Å²) in [6.45, 7) is 2.96. The summed E-state index contributed by atoms with van der Waals surface area (Å²) in [4.78, 5) is 33.2. The number of likely N-dealkylation sites (tertiary alicyclic amines) is 1. The third-order valence-corrected chi connectivity index (χ3v) is 6.34. The number of benzene rings is 2. The summed E-state index contributed by atoms with van der Waals surface area (Å²) >= 11 is 0. The summed E-state index contributed by atoms with van der Waals surface area (Å²) in [5.74, 6) is 1.37. The van der Waals surface area contributed by atoms with E-state index in [0.29, 0.717) is 24.7 Å². The zero-order chi connectivity index (χ0) is 22.6. The fourth-order valence-corrected chi connectivity index (χ4v) is 4.46. The van der Waals surface area contributed by atoms with Gasteiger partial charge in [-0.15, -0.1) is 0 Å². The van der Waals surface area contributed by atoms with E-state index in [1.54, 1.807) is 4.90 Å². The maximum absolute atomic E-state index is 12.8. The summed E-state index contributed by atoms with van der Waals surface area (Å²) in [7, 11) is 0. The second kappa shape index (κ2) is 9.54. The zero-order valence-corrected chi connectivity index (χ0v) is 18.4. The summed E-state index contributed by atoms with van der Waals surface area (Å²) in [5.41, 5.74) is 2.58. The van der Waals surface area contributed by atoms with Crippen molar-refractivity contribution in [3.05, 3.63) is 60.5 Å². The van der Waals surface area contributed by atoms with Crippen molar-refractivity contribution in [2.45, 2.75) is 32.2 Å². The van der Waals surface area contributed by atoms with Crippen LogP contribution >= 0.6 is 0 Å². The number of hydrogen-bond donors (Lipinski definition) is 1. The van der Waals surface area contributed by atoms with Gasteiger partial charge in [-0.2, -0.15) is 4.98 Å². The number of nitrogens with one attached hydrogen (secondary N) is 1. The lowest BCUT2D eigenvalue weighted by atomic mass is 9.96. The summed E-state index contributed by atoms with van der Waals surface area (Å²) in [6.07, 6.45) is 3.08. The van der Waals surface area contributed by atoms with Crippen LogP contribution in [0.4, 0.5) is 11.4 Å². The van der Waals surface area contributed by atoms with E-state index in [1.807, 2.05) is 54.6 Å². The standard InChI is InChI=1S/C25H27N5O3/c31-23-7-4-14-30(23)21-10-8-20(9-11-21)26-25(32)19-12-15-29(16-13-19)17-22-27-24(28-33-22)18-5-2-1-3-6-18/h1-3,5-6,8-11,19H,4,7,12-17H2,(H,26,32). The van der Waals surface area contributed by atoms with Crippen LogP contribution in [-0.2, 0) is 16.1 Å². The van der Waals surface area contributed by atoms with Crippen molar-refractivity contribution in [2.75, 3.05) is 29.9 Å². The van der Waals surface area contributed by atoms with E-state index in [9.17, 15) is 9.59 Å². The van der Waals surface area contributed by atoms with E-state index < -0.39 is 0 Å². The van der Waals surface area contributed by atoms with Crippen molar-refractivity contribution in [3.63, 3.8) is 0 Å². The predicted octanol–water partition coefficient (Wildman–Crippen LogP) is 3.71. The number of aromatic nitrogens is 2. The number of nitrogens with zero attached hydrogens (tertiary/aromatic N) is 4. The maximum Gasteiger partial charge on any atom is 0.241 e. The summed E-state index contributed by atoms with van der Waals surface area (Å²) in [6, 6.07) is 17.3. The molecule has 33 heavy (non-hydrogen) atoms. The van der Waals surface area contributed by atoms with Crippen molar-refractivity contribution in [3.8, 4) is 11.4 Å². The van der Waals surface area contributed by atoms with Crippen molar-refractivity contribution in [1.82, 2.24) is 15.0 Å². The van der Waals surface area contributed by atoms with E-state index in [-0.39, 0.29) is 17.7 Å². The molecule has 2 aliphatic heterocycles. The van der Waals surface area contributed by atoms with Crippen molar-refractivity contribution < 1.29 is 14.1 Å². The number of anilines is 2. The molecule has 8 heteroatoms. The van der Waals surface area contributed by atoms with Crippen LogP contribution in [0.2, 0.25) is 0 Å². The minimum absolute atomic E-state index is 0.0244. The minimum Gasteiger partial charge on any atom is -0.338 e. The molecule has 3 heterocycles. The lowest BCUT2D eigenvalue weighted by Gasteiger charge is -2.30. The molecule has 0 atom stereocenters. The Bertz CT molecular complexity index is 1100. The average Bonchev–Trinajstić information content (AvgIpc) is 3.50. The molecular weight excluding hydrogens is 418 g/mol. The molecule has 0 unspecified atom stereocenters. The molecule has 5 rings (SSSR count). The highest BCUT2D eigenvalue weighted by atomic mass is 16.5. The highest BCUT2D eigenvalue weighted by Gasteiger charge is 2.26. The molecule has 2 saturated heterocycles.